The fourth-order valence-electron chi connectivity index (χ4n) is 1.85. The van der Waals surface area contributed by atoms with E-state index >= 15 is 0 Å². The van der Waals surface area contributed by atoms with E-state index in [2.05, 4.69) is 19.2 Å². The summed E-state index contributed by atoms with van der Waals surface area (Å²) < 4.78 is 0. The van der Waals surface area contributed by atoms with E-state index in [1.54, 1.807) is 0 Å². The maximum absolute atomic E-state index is 3.54. The summed E-state index contributed by atoms with van der Waals surface area (Å²) in [6.07, 6.45) is 5.51. The smallest absolute Gasteiger partial charge is 0.00931 e. The van der Waals surface area contributed by atoms with Gasteiger partial charge < -0.3 is 5.32 Å². The van der Waals surface area contributed by atoms with Gasteiger partial charge in [0.2, 0.25) is 0 Å². The third kappa shape index (κ3) is 1.98. The van der Waals surface area contributed by atoms with Crippen molar-refractivity contribution in [3.63, 3.8) is 0 Å². The standard InChI is InChI=1S/C9H19N/c1-3-5-8(2)9-6-4-7-10-9/h8-10H,3-7H2,1-2H3/t8-,9?/m1/s1. The Labute approximate surface area is 64.2 Å². The fraction of sp³-hybridized carbons (Fsp3) is 1.00. The van der Waals surface area contributed by atoms with Crippen LogP contribution in [0.2, 0.25) is 0 Å². The van der Waals surface area contributed by atoms with Crippen LogP contribution >= 0.6 is 0 Å². The molecule has 1 unspecified atom stereocenters. The van der Waals surface area contributed by atoms with E-state index in [4.69, 9.17) is 0 Å². The van der Waals surface area contributed by atoms with Crippen molar-refractivity contribution in [2.75, 3.05) is 6.54 Å². The van der Waals surface area contributed by atoms with Crippen molar-refractivity contribution < 1.29 is 0 Å². The van der Waals surface area contributed by atoms with Gasteiger partial charge in [-0.05, 0) is 31.7 Å². The normalized spacial score (nSPS) is 28.8. The molecule has 1 aliphatic rings. The highest BCUT2D eigenvalue weighted by Gasteiger charge is 2.19. The minimum Gasteiger partial charge on any atom is -0.314 e. The molecule has 0 saturated carbocycles. The molecule has 10 heavy (non-hydrogen) atoms. The number of hydrogen-bond acceptors (Lipinski definition) is 1. The summed E-state index contributed by atoms with van der Waals surface area (Å²) in [6.45, 7) is 5.89. The molecule has 1 heterocycles. The van der Waals surface area contributed by atoms with E-state index in [-0.39, 0.29) is 0 Å². The van der Waals surface area contributed by atoms with Crippen LogP contribution in [0.3, 0.4) is 0 Å². The molecule has 0 aliphatic carbocycles. The first kappa shape index (κ1) is 8.06. The van der Waals surface area contributed by atoms with E-state index in [1.165, 1.54) is 32.2 Å². The molecule has 1 rings (SSSR count). The van der Waals surface area contributed by atoms with Gasteiger partial charge in [0.15, 0.2) is 0 Å². The van der Waals surface area contributed by atoms with Crippen molar-refractivity contribution in [3.8, 4) is 0 Å². The Hall–Kier alpha value is -0.0400. The minimum atomic E-state index is 0.833. The Balaban J connectivity index is 2.18. The average Bonchev–Trinajstić information content (AvgIpc) is 2.38. The van der Waals surface area contributed by atoms with Gasteiger partial charge in [0, 0.05) is 6.04 Å². The molecule has 2 atom stereocenters. The predicted octanol–water partition coefficient (Wildman–Crippen LogP) is 2.17. The minimum absolute atomic E-state index is 0.833. The second-order valence-electron chi connectivity index (χ2n) is 3.47. The van der Waals surface area contributed by atoms with Crippen LogP contribution in [0.5, 0.6) is 0 Å². The van der Waals surface area contributed by atoms with Gasteiger partial charge in [-0.3, -0.25) is 0 Å². The summed E-state index contributed by atoms with van der Waals surface area (Å²) >= 11 is 0. The molecule has 0 radical (unpaired) electrons. The molecule has 0 aromatic heterocycles. The van der Waals surface area contributed by atoms with E-state index < -0.39 is 0 Å². The third-order valence-electron chi connectivity index (χ3n) is 2.53. The molecule has 1 aliphatic heterocycles. The summed E-state index contributed by atoms with van der Waals surface area (Å²) in [5, 5.41) is 3.54. The van der Waals surface area contributed by atoms with E-state index in [0.717, 1.165) is 12.0 Å². The van der Waals surface area contributed by atoms with Crippen molar-refractivity contribution in [2.24, 2.45) is 5.92 Å². The third-order valence-corrected chi connectivity index (χ3v) is 2.53. The molecule has 1 nitrogen and oxygen atoms in total. The zero-order chi connectivity index (χ0) is 7.40. The van der Waals surface area contributed by atoms with Gasteiger partial charge in [0.1, 0.15) is 0 Å². The zero-order valence-electron chi connectivity index (χ0n) is 7.19. The van der Waals surface area contributed by atoms with Crippen LogP contribution in [0.1, 0.15) is 39.5 Å². The topological polar surface area (TPSA) is 12.0 Å². The first-order valence-corrected chi connectivity index (χ1v) is 4.58. The highest BCUT2D eigenvalue weighted by molar-refractivity contribution is 4.78. The summed E-state index contributed by atoms with van der Waals surface area (Å²) in [4.78, 5) is 0. The van der Waals surface area contributed by atoms with Gasteiger partial charge in [0.25, 0.3) is 0 Å². The highest BCUT2D eigenvalue weighted by Crippen LogP contribution is 2.18. The molecule has 0 aromatic carbocycles. The Kier molecular flexibility index (Phi) is 3.20. The van der Waals surface area contributed by atoms with Gasteiger partial charge in [-0.2, -0.15) is 0 Å². The van der Waals surface area contributed by atoms with Crippen LogP contribution in [0, 0.1) is 5.92 Å². The van der Waals surface area contributed by atoms with Gasteiger partial charge in [-0.25, -0.2) is 0 Å². The van der Waals surface area contributed by atoms with Crippen molar-refractivity contribution in [1.82, 2.24) is 5.32 Å². The first-order valence-electron chi connectivity index (χ1n) is 4.58. The van der Waals surface area contributed by atoms with Crippen molar-refractivity contribution >= 4 is 0 Å². The molecular formula is C9H19N. The zero-order valence-corrected chi connectivity index (χ0v) is 7.19. The van der Waals surface area contributed by atoms with Crippen molar-refractivity contribution in [3.05, 3.63) is 0 Å². The van der Waals surface area contributed by atoms with E-state index in [0.29, 0.717) is 0 Å². The monoisotopic (exact) mass is 141 g/mol. The van der Waals surface area contributed by atoms with Crippen LogP contribution in [0.25, 0.3) is 0 Å². The Morgan fingerprint density at radius 3 is 2.90 bits per heavy atom. The molecule has 0 bridgehead atoms. The predicted molar refractivity (Wildman–Crippen MR) is 45.1 cm³/mol. The Morgan fingerprint density at radius 1 is 1.60 bits per heavy atom. The summed E-state index contributed by atoms with van der Waals surface area (Å²) in [6, 6.07) is 0.833. The van der Waals surface area contributed by atoms with Gasteiger partial charge in [-0.15, -0.1) is 0 Å². The molecule has 1 heteroatoms. The number of hydrogen-bond donors (Lipinski definition) is 1. The second-order valence-corrected chi connectivity index (χ2v) is 3.47. The van der Waals surface area contributed by atoms with E-state index in [1.807, 2.05) is 0 Å². The maximum Gasteiger partial charge on any atom is 0.00931 e. The lowest BCUT2D eigenvalue weighted by Gasteiger charge is -2.17. The molecule has 1 fully saturated rings. The van der Waals surface area contributed by atoms with Crippen LogP contribution in [0.4, 0.5) is 0 Å². The van der Waals surface area contributed by atoms with Crippen LogP contribution < -0.4 is 5.32 Å². The van der Waals surface area contributed by atoms with Crippen LogP contribution in [0.15, 0.2) is 0 Å². The fourth-order valence-corrected chi connectivity index (χ4v) is 1.85. The second kappa shape index (κ2) is 3.97. The molecule has 1 saturated heterocycles. The largest absolute Gasteiger partial charge is 0.314 e. The number of nitrogens with one attached hydrogen (secondary N) is 1. The van der Waals surface area contributed by atoms with Gasteiger partial charge >= 0.3 is 0 Å². The maximum atomic E-state index is 3.54. The summed E-state index contributed by atoms with van der Waals surface area (Å²) in [5.74, 6) is 0.896. The van der Waals surface area contributed by atoms with Gasteiger partial charge in [0.05, 0.1) is 0 Å². The van der Waals surface area contributed by atoms with Crippen LogP contribution in [-0.2, 0) is 0 Å². The lowest BCUT2D eigenvalue weighted by Crippen LogP contribution is -2.28. The molecule has 0 spiro atoms. The number of rotatable bonds is 3. The van der Waals surface area contributed by atoms with E-state index in [9.17, 15) is 0 Å². The average molecular weight is 141 g/mol. The molecule has 1 N–H and O–H groups in total. The first-order chi connectivity index (χ1) is 4.84. The molecule has 0 aromatic rings. The molecule has 0 amide bonds. The Bertz CT molecular complexity index is 84.7. The molecule has 60 valence electrons. The summed E-state index contributed by atoms with van der Waals surface area (Å²) in [5.41, 5.74) is 0. The van der Waals surface area contributed by atoms with Crippen molar-refractivity contribution in [1.29, 1.82) is 0 Å². The summed E-state index contributed by atoms with van der Waals surface area (Å²) in [7, 11) is 0. The van der Waals surface area contributed by atoms with Crippen LogP contribution in [-0.4, -0.2) is 12.6 Å². The molecular weight excluding hydrogens is 122 g/mol. The lowest BCUT2D eigenvalue weighted by atomic mass is 9.96. The Morgan fingerprint density at radius 2 is 2.40 bits per heavy atom. The SMILES string of the molecule is CCC[C@@H](C)C1CCCN1. The highest BCUT2D eigenvalue weighted by atomic mass is 14.9. The van der Waals surface area contributed by atoms with Gasteiger partial charge in [-0.1, -0.05) is 20.3 Å². The van der Waals surface area contributed by atoms with Crippen molar-refractivity contribution in [2.45, 2.75) is 45.6 Å². The quantitative estimate of drug-likeness (QED) is 0.635. The lowest BCUT2D eigenvalue weighted by molar-refractivity contribution is 0.392.